The van der Waals surface area contributed by atoms with Crippen molar-refractivity contribution in [3.05, 3.63) is 84.3 Å². The number of amides is 1. The Morgan fingerprint density at radius 1 is 1.06 bits per heavy atom. The number of methoxy groups -OCH3 is 1. The van der Waals surface area contributed by atoms with Crippen LogP contribution in [0.4, 0.5) is 5.69 Å². The SMILES string of the molecule is COC(=O)c1cccc(NC(=O)/C(=C/c2ccco2)n2nnnc2-c2ccccc2)c1. The molecule has 2 aromatic carbocycles. The van der Waals surface area contributed by atoms with Crippen molar-refractivity contribution in [3.8, 4) is 11.4 Å². The lowest BCUT2D eigenvalue weighted by Crippen LogP contribution is -2.19. The van der Waals surface area contributed by atoms with Crippen LogP contribution >= 0.6 is 0 Å². The molecule has 0 spiro atoms. The Balaban J connectivity index is 1.72. The predicted molar refractivity (Wildman–Crippen MR) is 113 cm³/mol. The average Bonchev–Trinajstić information content (AvgIpc) is 3.49. The lowest BCUT2D eigenvalue weighted by molar-refractivity contribution is -0.111. The van der Waals surface area contributed by atoms with Gasteiger partial charge in [-0.05, 0) is 40.8 Å². The molecule has 0 unspecified atom stereocenters. The van der Waals surface area contributed by atoms with Crippen molar-refractivity contribution in [1.29, 1.82) is 0 Å². The van der Waals surface area contributed by atoms with Gasteiger partial charge in [-0.25, -0.2) is 4.79 Å². The number of aromatic nitrogens is 4. The van der Waals surface area contributed by atoms with Crippen LogP contribution < -0.4 is 5.32 Å². The number of hydrogen-bond acceptors (Lipinski definition) is 7. The monoisotopic (exact) mass is 415 g/mol. The number of carbonyl (C=O) groups is 2. The van der Waals surface area contributed by atoms with Crippen molar-refractivity contribution < 1.29 is 18.7 Å². The molecule has 9 heteroatoms. The Morgan fingerprint density at radius 2 is 1.90 bits per heavy atom. The van der Waals surface area contributed by atoms with E-state index in [1.54, 1.807) is 30.3 Å². The highest BCUT2D eigenvalue weighted by molar-refractivity contribution is 6.24. The molecule has 0 aliphatic carbocycles. The number of tetrazole rings is 1. The van der Waals surface area contributed by atoms with Gasteiger partial charge < -0.3 is 14.5 Å². The van der Waals surface area contributed by atoms with Gasteiger partial charge in [0.15, 0.2) is 5.82 Å². The molecule has 9 nitrogen and oxygen atoms in total. The summed E-state index contributed by atoms with van der Waals surface area (Å²) in [7, 11) is 1.29. The fraction of sp³-hybridized carbons (Fsp3) is 0.0455. The van der Waals surface area contributed by atoms with E-state index in [0.29, 0.717) is 22.8 Å². The first-order chi connectivity index (χ1) is 15.2. The topological polar surface area (TPSA) is 112 Å². The second-order valence-corrected chi connectivity index (χ2v) is 6.35. The molecule has 0 aliphatic rings. The highest BCUT2D eigenvalue weighted by atomic mass is 16.5. The summed E-state index contributed by atoms with van der Waals surface area (Å²) in [5, 5.41) is 14.6. The molecule has 154 valence electrons. The minimum absolute atomic E-state index is 0.127. The molecular weight excluding hydrogens is 398 g/mol. The maximum absolute atomic E-state index is 13.2. The summed E-state index contributed by atoms with van der Waals surface area (Å²) < 4.78 is 11.4. The molecular formula is C22H17N5O4. The molecule has 4 rings (SSSR count). The Kier molecular flexibility index (Phi) is 5.66. The molecule has 0 aliphatic heterocycles. The number of furan rings is 1. The highest BCUT2D eigenvalue weighted by Crippen LogP contribution is 2.22. The van der Waals surface area contributed by atoms with Crippen molar-refractivity contribution in [2.24, 2.45) is 0 Å². The molecule has 0 saturated heterocycles. The molecule has 2 heterocycles. The standard InChI is InChI=1S/C22H17N5O4/c1-30-22(29)16-9-5-10-17(13-16)23-21(28)19(14-18-11-6-12-31-18)27-20(24-25-26-27)15-7-3-2-4-8-15/h2-14H,1H3,(H,23,28)/b19-14-. The van der Waals surface area contributed by atoms with Crippen LogP contribution in [0.3, 0.4) is 0 Å². The van der Waals surface area contributed by atoms with Crippen molar-refractivity contribution in [2.45, 2.75) is 0 Å². The van der Waals surface area contributed by atoms with Crippen LogP contribution in [0.1, 0.15) is 16.1 Å². The number of esters is 1. The van der Waals surface area contributed by atoms with E-state index in [0.717, 1.165) is 5.56 Å². The lowest BCUT2D eigenvalue weighted by atomic mass is 10.2. The maximum atomic E-state index is 13.2. The van der Waals surface area contributed by atoms with Gasteiger partial charge in [-0.1, -0.05) is 36.4 Å². The number of benzene rings is 2. The second kappa shape index (κ2) is 8.87. The van der Waals surface area contributed by atoms with E-state index in [4.69, 9.17) is 9.15 Å². The number of ether oxygens (including phenoxy) is 1. The van der Waals surface area contributed by atoms with Crippen LogP contribution in [0.25, 0.3) is 23.2 Å². The smallest absolute Gasteiger partial charge is 0.337 e. The van der Waals surface area contributed by atoms with E-state index in [-0.39, 0.29) is 5.70 Å². The average molecular weight is 415 g/mol. The third-order valence-electron chi connectivity index (χ3n) is 4.33. The zero-order valence-corrected chi connectivity index (χ0v) is 16.4. The normalized spacial score (nSPS) is 11.2. The number of carbonyl (C=O) groups excluding carboxylic acids is 2. The van der Waals surface area contributed by atoms with Gasteiger partial charge in [0, 0.05) is 17.3 Å². The molecule has 0 atom stereocenters. The molecule has 1 amide bonds. The summed E-state index contributed by atoms with van der Waals surface area (Å²) in [6, 6.07) is 19.1. The molecule has 0 fully saturated rings. The summed E-state index contributed by atoms with van der Waals surface area (Å²) in [6.07, 6.45) is 3.03. The van der Waals surface area contributed by atoms with Crippen molar-refractivity contribution in [3.63, 3.8) is 0 Å². The molecule has 31 heavy (non-hydrogen) atoms. The van der Waals surface area contributed by atoms with Gasteiger partial charge in [0.25, 0.3) is 5.91 Å². The Bertz CT molecular complexity index is 1230. The lowest BCUT2D eigenvalue weighted by Gasteiger charge is -2.11. The van der Waals surface area contributed by atoms with Crippen molar-refractivity contribution >= 4 is 29.3 Å². The quantitative estimate of drug-likeness (QED) is 0.380. The van der Waals surface area contributed by atoms with Crippen LogP contribution in [-0.4, -0.2) is 39.2 Å². The number of nitrogens with one attached hydrogen (secondary N) is 1. The van der Waals surface area contributed by atoms with Gasteiger partial charge in [-0.15, -0.1) is 5.10 Å². The van der Waals surface area contributed by atoms with Gasteiger partial charge in [0.05, 0.1) is 18.9 Å². The summed E-state index contributed by atoms with van der Waals surface area (Å²) in [5.74, 6) is -0.169. The first-order valence-electron chi connectivity index (χ1n) is 9.25. The Morgan fingerprint density at radius 3 is 2.65 bits per heavy atom. The summed E-state index contributed by atoms with van der Waals surface area (Å²) in [4.78, 5) is 25.0. The van der Waals surface area contributed by atoms with E-state index in [9.17, 15) is 9.59 Å². The number of nitrogens with zero attached hydrogens (tertiary/aromatic N) is 4. The first-order valence-corrected chi connectivity index (χ1v) is 9.25. The van der Waals surface area contributed by atoms with Gasteiger partial charge in [-0.3, -0.25) is 4.79 Å². The van der Waals surface area contributed by atoms with Gasteiger partial charge in [0.1, 0.15) is 11.5 Å². The first kappa shape index (κ1) is 19.8. The zero-order chi connectivity index (χ0) is 21.6. The number of hydrogen-bond donors (Lipinski definition) is 1. The fourth-order valence-corrected chi connectivity index (χ4v) is 2.88. The molecule has 0 bridgehead atoms. The highest BCUT2D eigenvalue weighted by Gasteiger charge is 2.20. The van der Waals surface area contributed by atoms with Crippen LogP contribution in [0.2, 0.25) is 0 Å². The molecule has 0 saturated carbocycles. The molecule has 0 radical (unpaired) electrons. The summed E-state index contributed by atoms with van der Waals surface area (Å²) in [6.45, 7) is 0. The van der Waals surface area contributed by atoms with Gasteiger partial charge >= 0.3 is 5.97 Å². The van der Waals surface area contributed by atoms with E-state index < -0.39 is 11.9 Å². The summed E-state index contributed by atoms with van der Waals surface area (Å²) in [5.41, 5.74) is 1.58. The van der Waals surface area contributed by atoms with Crippen LogP contribution in [0.15, 0.2) is 77.4 Å². The third-order valence-corrected chi connectivity index (χ3v) is 4.33. The van der Waals surface area contributed by atoms with E-state index in [1.807, 2.05) is 30.3 Å². The van der Waals surface area contributed by atoms with Gasteiger partial charge in [0.2, 0.25) is 0 Å². The third kappa shape index (κ3) is 4.40. The Labute approximate surface area is 177 Å². The van der Waals surface area contributed by atoms with Crippen molar-refractivity contribution in [2.75, 3.05) is 12.4 Å². The van der Waals surface area contributed by atoms with Crippen LogP contribution in [-0.2, 0) is 9.53 Å². The summed E-state index contributed by atoms with van der Waals surface area (Å²) >= 11 is 0. The minimum atomic E-state index is -0.505. The molecule has 2 aromatic heterocycles. The van der Waals surface area contributed by atoms with Crippen molar-refractivity contribution in [1.82, 2.24) is 20.2 Å². The predicted octanol–water partition coefficient (Wildman–Crippen LogP) is 3.36. The number of anilines is 1. The minimum Gasteiger partial charge on any atom is -0.465 e. The molecule has 4 aromatic rings. The maximum Gasteiger partial charge on any atom is 0.337 e. The Hall–Kier alpha value is -4.53. The zero-order valence-electron chi connectivity index (χ0n) is 16.4. The van der Waals surface area contributed by atoms with Gasteiger partial charge in [-0.2, -0.15) is 4.68 Å². The second-order valence-electron chi connectivity index (χ2n) is 6.35. The fourth-order valence-electron chi connectivity index (χ4n) is 2.88. The number of rotatable bonds is 6. The largest absolute Gasteiger partial charge is 0.465 e. The van der Waals surface area contributed by atoms with Crippen LogP contribution in [0, 0.1) is 0 Å². The molecule has 1 N–H and O–H groups in total. The van der Waals surface area contributed by atoms with E-state index in [1.165, 1.54) is 30.2 Å². The van der Waals surface area contributed by atoms with Crippen LogP contribution in [0.5, 0.6) is 0 Å². The van der Waals surface area contributed by atoms with E-state index in [2.05, 4.69) is 20.8 Å². The van der Waals surface area contributed by atoms with E-state index >= 15 is 0 Å².